The molecule has 0 bridgehead atoms. The Hall–Kier alpha value is -1.70. The number of benzene rings is 1. The number of hydrogen-bond acceptors (Lipinski definition) is 2. The van der Waals surface area contributed by atoms with Crippen molar-refractivity contribution < 1.29 is 9.47 Å². The van der Waals surface area contributed by atoms with E-state index in [0.29, 0.717) is 11.8 Å². The van der Waals surface area contributed by atoms with Gasteiger partial charge in [0.1, 0.15) is 0 Å². The highest BCUT2D eigenvalue weighted by atomic mass is 16.5. The van der Waals surface area contributed by atoms with E-state index in [-0.39, 0.29) is 0 Å². The molecule has 0 saturated carbocycles. The lowest BCUT2D eigenvalue weighted by molar-refractivity contribution is 0.212. The molecule has 0 saturated heterocycles. The Morgan fingerprint density at radius 3 is 1.64 bits per heavy atom. The van der Waals surface area contributed by atoms with E-state index in [9.17, 15) is 0 Å². The van der Waals surface area contributed by atoms with Crippen molar-refractivity contribution in [2.45, 2.75) is 41.5 Å². The Balaban J connectivity index is 2.76. The summed E-state index contributed by atoms with van der Waals surface area (Å²) >= 11 is 0. The zero-order valence-corrected chi connectivity index (χ0v) is 14.8. The maximum absolute atomic E-state index is 5.60. The van der Waals surface area contributed by atoms with E-state index < -0.39 is 0 Å². The predicted octanol–water partition coefficient (Wildman–Crippen LogP) is 5.75. The Labute approximate surface area is 135 Å². The topological polar surface area (TPSA) is 18.5 Å². The Kier molecular flexibility index (Phi) is 7.79. The minimum Gasteiger partial charge on any atom is -0.501 e. The monoisotopic (exact) mass is 302 g/mol. The van der Waals surface area contributed by atoms with Crippen LogP contribution in [0.5, 0.6) is 0 Å². The number of rotatable bonds is 8. The summed E-state index contributed by atoms with van der Waals surface area (Å²) in [6.45, 7) is 14.2. The molecular formula is C20H30O2. The first-order chi connectivity index (χ1) is 10.4. The van der Waals surface area contributed by atoms with Crippen molar-refractivity contribution in [2.24, 2.45) is 11.8 Å². The van der Waals surface area contributed by atoms with Crippen LogP contribution in [0.1, 0.15) is 52.7 Å². The van der Waals surface area contributed by atoms with Crippen molar-refractivity contribution in [1.29, 1.82) is 0 Å². The van der Waals surface area contributed by atoms with Crippen LogP contribution in [0.15, 0.2) is 36.8 Å². The van der Waals surface area contributed by atoms with E-state index in [1.807, 2.05) is 12.5 Å². The van der Waals surface area contributed by atoms with Crippen LogP contribution < -0.4 is 0 Å². The minimum absolute atomic E-state index is 0.540. The van der Waals surface area contributed by atoms with Crippen molar-refractivity contribution in [3.63, 3.8) is 0 Å². The maximum atomic E-state index is 5.60. The molecule has 2 nitrogen and oxygen atoms in total. The molecule has 1 rings (SSSR count). The molecule has 0 aliphatic carbocycles. The summed E-state index contributed by atoms with van der Waals surface area (Å²) in [7, 11) is 0. The van der Waals surface area contributed by atoms with Crippen LogP contribution in [0, 0.1) is 11.8 Å². The van der Waals surface area contributed by atoms with Crippen LogP contribution in [0.3, 0.4) is 0 Å². The fourth-order valence-electron chi connectivity index (χ4n) is 1.88. The predicted molar refractivity (Wildman–Crippen MR) is 95.3 cm³/mol. The molecule has 22 heavy (non-hydrogen) atoms. The molecule has 0 heterocycles. The molecule has 0 radical (unpaired) electrons. The van der Waals surface area contributed by atoms with Gasteiger partial charge in [-0.15, -0.1) is 0 Å². The highest BCUT2D eigenvalue weighted by Crippen LogP contribution is 2.20. The average molecular weight is 302 g/mol. The van der Waals surface area contributed by atoms with Gasteiger partial charge in [0.15, 0.2) is 0 Å². The van der Waals surface area contributed by atoms with Crippen LogP contribution in [0.25, 0.3) is 11.1 Å². The van der Waals surface area contributed by atoms with E-state index in [1.165, 1.54) is 11.1 Å². The SMILES string of the molecule is C/C(=C\OCC(C)C)c1cccc(/C(C)=C/OCC(C)C)c1. The standard InChI is InChI=1S/C20H30O2/c1-15(2)11-21-13-17(5)19-8-7-9-20(10-19)18(6)14-22-12-16(3)4/h7-10,13-16H,11-12H2,1-6H3/b17-13+,18-14+. The summed E-state index contributed by atoms with van der Waals surface area (Å²) in [5, 5.41) is 0. The summed E-state index contributed by atoms with van der Waals surface area (Å²) in [5.41, 5.74) is 4.63. The molecule has 0 atom stereocenters. The van der Waals surface area contributed by atoms with Crippen LogP contribution in [0.2, 0.25) is 0 Å². The molecule has 122 valence electrons. The molecule has 0 spiro atoms. The zero-order valence-electron chi connectivity index (χ0n) is 14.8. The molecule has 0 N–H and O–H groups in total. The van der Waals surface area contributed by atoms with Gasteiger partial charge in [-0.05, 0) is 54.0 Å². The third-order valence-electron chi connectivity index (χ3n) is 3.15. The van der Waals surface area contributed by atoms with Gasteiger partial charge >= 0.3 is 0 Å². The van der Waals surface area contributed by atoms with Gasteiger partial charge < -0.3 is 9.47 Å². The lowest BCUT2D eigenvalue weighted by Gasteiger charge is -2.09. The van der Waals surface area contributed by atoms with Gasteiger partial charge in [0.05, 0.1) is 25.7 Å². The maximum Gasteiger partial charge on any atom is 0.0896 e. The summed E-state index contributed by atoms with van der Waals surface area (Å²) in [6.07, 6.45) is 3.71. The zero-order chi connectivity index (χ0) is 16.5. The van der Waals surface area contributed by atoms with E-state index in [0.717, 1.165) is 24.4 Å². The third-order valence-corrected chi connectivity index (χ3v) is 3.15. The van der Waals surface area contributed by atoms with Gasteiger partial charge in [-0.25, -0.2) is 0 Å². The van der Waals surface area contributed by atoms with Gasteiger partial charge in [0.2, 0.25) is 0 Å². The molecule has 0 unspecified atom stereocenters. The first kappa shape index (κ1) is 18.3. The second-order valence-corrected chi connectivity index (χ2v) is 6.64. The van der Waals surface area contributed by atoms with E-state index >= 15 is 0 Å². The summed E-state index contributed by atoms with van der Waals surface area (Å²) in [6, 6.07) is 8.46. The van der Waals surface area contributed by atoms with Crippen LogP contribution in [-0.2, 0) is 9.47 Å². The Bertz CT molecular complexity index is 467. The highest BCUT2D eigenvalue weighted by Gasteiger charge is 2.02. The highest BCUT2D eigenvalue weighted by molar-refractivity contribution is 5.70. The molecule has 2 heteroatoms. The third kappa shape index (κ3) is 6.84. The van der Waals surface area contributed by atoms with Crippen LogP contribution in [0.4, 0.5) is 0 Å². The number of allylic oxidation sites excluding steroid dienone is 2. The van der Waals surface area contributed by atoms with Crippen molar-refractivity contribution in [2.75, 3.05) is 13.2 Å². The fourth-order valence-corrected chi connectivity index (χ4v) is 1.88. The van der Waals surface area contributed by atoms with Crippen molar-refractivity contribution >= 4 is 11.1 Å². The van der Waals surface area contributed by atoms with Gasteiger partial charge in [-0.3, -0.25) is 0 Å². The molecular weight excluding hydrogens is 272 g/mol. The second kappa shape index (κ2) is 9.34. The first-order valence-corrected chi connectivity index (χ1v) is 8.07. The van der Waals surface area contributed by atoms with Crippen LogP contribution in [-0.4, -0.2) is 13.2 Å². The van der Waals surface area contributed by atoms with Gasteiger partial charge in [-0.1, -0.05) is 45.9 Å². The molecule has 0 aliphatic rings. The van der Waals surface area contributed by atoms with Gasteiger partial charge in [-0.2, -0.15) is 0 Å². The molecule has 0 fully saturated rings. The van der Waals surface area contributed by atoms with Gasteiger partial charge in [0.25, 0.3) is 0 Å². The molecule has 1 aromatic carbocycles. The molecule has 0 amide bonds. The smallest absolute Gasteiger partial charge is 0.0896 e. The van der Waals surface area contributed by atoms with Crippen molar-refractivity contribution in [3.8, 4) is 0 Å². The van der Waals surface area contributed by atoms with Crippen molar-refractivity contribution in [1.82, 2.24) is 0 Å². The number of hydrogen-bond donors (Lipinski definition) is 0. The minimum atomic E-state index is 0.540. The summed E-state index contributed by atoms with van der Waals surface area (Å²) in [4.78, 5) is 0. The quantitative estimate of drug-likeness (QED) is 0.569. The average Bonchev–Trinajstić information content (AvgIpc) is 2.46. The van der Waals surface area contributed by atoms with Crippen LogP contribution >= 0.6 is 0 Å². The normalized spacial score (nSPS) is 12.9. The van der Waals surface area contributed by atoms with Gasteiger partial charge in [0, 0.05) is 0 Å². The Morgan fingerprint density at radius 1 is 0.864 bits per heavy atom. The summed E-state index contributed by atoms with van der Waals surface area (Å²) < 4.78 is 11.2. The fraction of sp³-hybridized carbons (Fsp3) is 0.500. The van der Waals surface area contributed by atoms with E-state index in [1.54, 1.807) is 0 Å². The molecule has 0 aromatic heterocycles. The lowest BCUT2D eigenvalue weighted by Crippen LogP contribution is -1.97. The second-order valence-electron chi connectivity index (χ2n) is 6.64. The largest absolute Gasteiger partial charge is 0.501 e. The Morgan fingerprint density at radius 2 is 1.27 bits per heavy atom. The lowest BCUT2D eigenvalue weighted by atomic mass is 10.0. The van der Waals surface area contributed by atoms with Crippen molar-refractivity contribution in [3.05, 3.63) is 47.9 Å². The van der Waals surface area contributed by atoms with E-state index in [2.05, 4.69) is 65.8 Å². The molecule has 0 aliphatic heterocycles. The molecule has 1 aromatic rings. The number of ether oxygens (including phenoxy) is 2. The van der Waals surface area contributed by atoms with E-state index in [4.69, 9.17) is 9.47 Å². The summed E-state index contributed by atoms with van der Waals surface area (Å²) in [5.74, 6) is 1.08. The first-order valence-electron chi connectivity index (χ1n) is 8.07.